The van der Waals surface area contributed by atoms with Crippen molar-refractivity contribution in [1.82, 2.24) is 4.98 Å². The average molecular weight is 444 g/mol. The van der Waals surface area contributed by atoms with E-state index in [4.69, 9.17) is 35.3 Å². The summed E-state index contributed by atoms with van der Waals surface area (Å²) in [5.74, 6) is 1.86. The third kappa shape index (κ3) is 3.81. The second-order valence-corrected chi connectivity index (χ2v) is 7.01. The molecule has 0 bridgehead atoms. The van der Waals surface area contributed by atoms with E-state index in [0.717, 1.165) is 5.56 Å². The molecule has 0 N–H and O–H groups in total. The Labute approximate surface area is 184 Å². The number of pyridine rings is 1. The molecular weight excluding hydrogens is 422 g/mol. The molecule has 0 unspecified atom stereocenters. The fourth-order valence-electron chi connectivity index (χ4n) is 3.66. The van der Waals surface area contributed by atoms with Crippen molar-refractivity contribution in [2.24, 2.45) is 0 Å². The molecule has 162 valence electrons. The second-order valence-electron chi connectivity index (χ2n) is 6.75. The maximum Gasteiger partial charge on any atom is 0.340 e. The van der Waals surface area contributed by atoms with Crippen LogP contribution in [0.5, 0.6) is 23.0 Å². The van der Waals surface area contributed by atoms with Gasteiger partial charge in [0, 0.05) is 17.0 Å². The van der Waals surface area contributed by atoms with Gasteiger partial charge < -0.3 is 23.7 Å². The predicted octanol–water partition coefficient (Wildman–Crippen LogP) is 4.61. The minimum Gasteiger partial charge on any atom is -0.493 e. The molecule has 2 heterocycles. The Bertz CT molecular complexity index is 1150. The summed E-state index contributed by atoms with van der Waals surface area (Å²) in [4.78, 5) is 17.6. The molecule has 0 saturated heterocycles. The summed E-state index contributed by atoms with van der Waals surface area (Å²) in [6.45, 7) is 2.89. The summed E-state index contributed by atoms with van der Waals surface area (Å²) in [7, 11) is 3.13. The first-order valence-electron chi connectivity index (χ1n) is 9.83. The normalized spacial score (nSPS) is 12.5. The zero-order valence-electron chi connectivity index (χ0n) is 17.5. The molecule has 8 heteroatoms. The van der Waals surface area contributed by atoms with Crippen LogP contribution in [-0.2, 0) is 10.6 Å². The number of rotatable bonds is 6. The monoisotopic (exact) mass is 443 g/mol. The highest BCUT2D eigenvalue weighted by atomic mass is 35.5. The van der Waals surface area contributed by atoms with Crippen molar-refractivity contribution in [3.05, 3.63) is 41.6 Å². The zero-order valence-corrected chi connectivity index (χ0v) is 18.2. The summed E-state index contributed by atoms with van der Waals surface area (Å²) >= 11 is 6.21. The van der Waals surface area contributed by atoms with Crippen LogP contribution < -0.4 is 18.9 Å². The van der Waals surface area contributed by atoms with E-state index < -0.39 is 5.97 Å². The van der Waals surface area contributed by atoms with Gasteiger partial charge in [0.1, 0.15) is 13.2 Å². The predicted molar refractivity (Wildman–Crippen MR) is 117 cm³/mol. The van der Waals surface area contributed by atoms with Crippen molar-refractivity contribution in [2.75, 3.05) is 34.0 Å². The van der Waals surface area contributed by atoms with E-state index in [2.05, 4.69) is 4.98 Å². The van der Waals surface area contributed by atoms with Crippen LogP contribution in [0.3, 0.4) is 0 Å². The lowest BCUT2D eigenvalue weighted by molar-refractivity contribution is 0.0526. The van der Waals surface area contributed by atoms with Gasteiger partial charge in [-0.2, -0.15) is 0 Å². The largest absolute Gasteiger partial charge is 0.493 e. The molecule has 3 aromatic rings. The number of ether oxygens (including phenoxy) is 5. The van der Waals surface area contributed by atoms with Crippen LogP contribution in [0.15, 0.2) is 30.3 Å². The van der Waals surface area contributed by atoms with E-state index in [1.54, 1.807) is 33.3 Å². The van der Waals surface area contributed by atoms with Crippen molar-refractivity contribution < 1.29 is 28.5 Å². The van der Waals surface area contributed by atoms with Crippen LogP contribution in [0.2, 0.25) is 0 Å². The number of nitrogens with zero attached hydrogens (tertiary/aromatic N) is 1. The molecule has 0 radical (unpaired) electrons. The third-order valence-electron chi connectivity index (χ3n) is 5.00. The lowest BCUT2D eigenvalue weighted by Gasteiger charge is -2.21. The Morgan fingerprint density at radius 3 is 2.42 bits per heavy atom. The van der Waals surface area contributed by atoms with Gasteiger partial charge in [-0.1, -0.05) is 6.07 Å². The van der Waals surface area contributed by atoms with Gasteiger partial charge >= 0.3 is 5.97 Å². The van der Waals surface area contributed by atoms with Gasteiger partial charge in [-0.15, -0.1) is 11.6 Å². The third-order valence-corrected chi connectivity index (χ3v) is 5.26. The first kappa shape index (κ1) is 21.1. The van der Waals surface area contributed by atoms with Crippen LogP contribution in [-0.4, -0.2) is 45.0 Å². The Balaban J connectivity index is 2.08. The quantitative estimate of drug-likeness (QED) is 0.407. The van der Waals surface area contributed by atoms with Crippen molar-refractivity contribution >= 4 is 28.5 Å². The summed E-state index contributed by atoms with van der Waals surface area (Å²) in [6.07, 6.45) is 0. The Morgan fingerprint density at radius 1 is 1.06 bits per heavy atom. The van der Waals surface area contributed by atoms with Gasteiger partial charge in [0.15, 0.2) is 23.0 Å². The number of benzene rings is 2. The van der Waals surface area contributed by atoms with Crippen molar-refractivity contribution in [3.63, 3.8) is 0 Å². The molecule has 1 aliphatic heterocycles. The Hall–Kier alpha value is -3.19. The highest BCUT2D eigenvalue weighted by Gasteiger charge is 2.26. The number of esters is 1. The van der Waals surface area contributed by atoms with Gasteiger partial charge in [0.2, 0.25) is 0 Å². The number of carbonyl (C=O) groups excluding carboxylic acids is 1. The van der Waals surface area contributed by atoms with Crippen LogP contribution >= 0.6 is 11.6 Å². The molecule has 31 heavy (non-hydrogen) atoms. The SMILES string of the molecule is CCOC(=O)c1c(CCl)nc2cc3c(cc2c1-c1ccc(OC)c(OC)c1)OCCO3. The highest BCUT2D eigenvalue weighted by molar-refractivity contribution is 6.18. The Kier molecular flexibility index (Phi) is 6.04. The molecule has 0 spiro atoms. The smallest absolute Gasteiger partial charge is 0.340 e. The average Bonchev–Trinajstić information content (AvgIpc) is 2.81. The first-order chi connectivity index (χ1) is 15.1. The minimum absolute atomic E-state index is 0.0405. The van der Waals surface area contributed by atoms with E-state index in [-0.39, 0.29) is 12.5 Å². The number of carbonyl (C=O) groups is 1. The highest BCUT2D eigenvalue weighted by Crippen LogP contribution is 2.42. The van der Waals surface area contributed by atoms with Gasteiger partial charge in [0.05, 0.1) is 43.5 Å². The molecule has 2 aromatic carbocycles. The van der Waals surface area contributed by atoms with E-state index in [1.165, 1.54) is 0 Å². The lowest BCUT2D eigenvalue weighted by Crippen LogP contribution is -2.16. The number of hydrogen-bond donors (Lipinski definition) is 0. The Morgan fingerprint density at radius 2 is 1.77 bits per heavy atom. The molecule has 1 aliphatic rings. The van der Waals surface area contributed by atoms with E-state index in [9.17, 15) is 4.79 Å². The summed E-state index contributed by atoms with van der Waals surface area (Å²) in [6, 6.07) is 9.09. The second kappa shape index (κ2) is 8.89. The topological polar surface area (TPSA) is 76.1 Å². The number of fused-ring (bicyclic) bond motifs is 2. The van der Waals surface area contributed by atoms with Crippen molar-refractivity contribution in [2.45, 2.75) is 12.8 Å². The molecule has 1 aromatic heterocycles. The van der Waals surface area contributed by atoms with Gasteiger partial charge in [-0.25, -0.2) is 4.79 Å². The zero-order chi connectivity index (χ0) is 22.0. The molecule has 0 amide bonds. The summed E-state index contributed by atoms with van der Waals surface area (Å²) in [5, 5.41) is 0.716. The molecule has 0 saturated carbocycles. The maximum absolute atomic E-state index is 13.0. The first-order valence-corrected chi connectivity index (χ1v) is 10.4. The lowest BCUT2D eigenvalue weighted by atomic mass is 9.93. The number of halogens is 1. The van der Waals surface area contributed by atoms with E-state index >= 15 is 0 Å². The molecule has 0 atom stereocenters. The molecule has 0 fully saturated rings. The van der Waals surface area contributed by atoms with E-state index in [1.807, 2.05) is 18.2 Å². The number of methoxy groups -OCH3 is 2. The van der Waals surface area contributed by atoms with Gasteiger partial charge in [-0.05, 0) is 30.7 Å². The van der Waals surface area contributed by atoms with Crippen molar-refractivity contribution in [3.8, 4) is 34.1 Å². The molecule has 0 aliphatic carbocycles. The minimum atomic E-state index is -0.493. The summed E-state index contributed by atoms with van der Waals surface area (Å²) < 4.78 is 27.7. The van der Waals surface area contributed by atoms with Crippen molar-refractivity contribution in [1.29, 1.82) is 0 Å². The molecule has 7 nitrogen and oxygen atoms in total. The number of hydrogen-bond acceptors (Lipinski definition) is 7. The van der Waals surface area contributed by atoms with E-state index in [0.29, 0.717) is 63.9 Å². The van der Waals surface area contributed by atoms with Crippen LogP contribution in [0.4, 0.5) is 0 Å². The van der Waals surface area contributed by atoms with Crippen LogP contribution in [0.25, 0.3) is 22.0 Å². The number of alkyl halides is 1. The summed E-state index contributed by atoms with van der Waals surface area (Å²) in [5.41, 5.74) is 2.74. The fraction of sp³-hybridized carbons (Fsp3) is 0.304. The van der Waals surface area contributed by atoms with Gasteiger partial charge in [-0.3, -0.25) is 4.98 Å². The standard InChI is InChI=1S/C23H22ClNO6/c1-4-29-23(26)22-16(12-24)25-15-11-20-19(30-7-8-31-20)10-14(15)21(22)13-5-6-17(27-2)18(9-13)28-3/h5-6,9-11H,4,7-8,12H2,1-3H3. The molecule has 4 rings (SSSR count). The van der Waals surface area contributed by atoms with Crippen LogP contribution in [0.1, 0.15) is 23.0 Å². The number of aromatic nitrogens is 1. The van der Waals surface area contributed by atoms with Gasteiger partial charge in [0.25, 0.3) is 0 Å². The van der Waals surface area contributed by atoms with Crippen LogP contribution in [0, 0.1) is 0 Å². The molecular formula is C23H22ClNO6. The maximum atomic E-state index is 13.0. The fourth-order valence-corrected chi connectivity index (χ4v) is 3.86.